The average Bonchev–Trinajstić information content (AvgIpc) is 3.13. The number of aryl methyl sites for hydroxylation is 1. The first-order valence-electron chi connectivity index (χ1n) is 7.24. The van der Waals surface area contributed by atoms with Crippen molar-refractivity contribution in [3.05, 3.63) is 35.6 Å². The quantitative estimate of drug-likeness (QED) is 0.904. The normalized spacial score (nSPS) is 21.0. The van der Waals surface area contributed by atoms with Gasteiger partial charge in [0.2, 0.25) is 5.95 Å². The third-order valence-corrected chi connectivity index (χ3v) is 4.14. The molecule has 2 aliphatic rings. The van der Waals surface area contributed by atoms with E-state index in [1.807, 2.05) is 17.7 Å². The average molecular weight is 284 g/mol. The molecule has 0 spiro atoms. The highest BCUT2D eigenvalue weighted by Crippen LogP contribution is 2.39. The van der Waals surface area contributed by atoms with Crippen LogP contribution in [0.25, 0.3) is 0 Å². The van der Waals surface area contributed by atoms with Gasteiger partial charge in [0.1, 0.15) is 12.4 Å². The SMILES string of the molecule is CCn1nccc1[C@H]1C2=C(CCCC2=O)Nc2ncnn21. The lowest BCUT2D eigenvalue weighted by Gasteiger charge is -2.32. The number of nitrogens with one attached hydrogen (secondary N) is 1. The number of hydrogen-bond acceptors (Lipinski definition) is 5. The maximum atomic E-state index is 12.5. The summed E-state index contributed by atoms with van der Waals surface area (Å²) in [5.74, 6) is 0.885. The van der Waals surface area contributed by atoms with E-state index in [0.717, 1.165) is 36.4 Å². The van der Waals surface area contributed by atoms with E-state index in [0.29, 0.717) is 12.4 Å². The maximum Gasteiger partial charge on any atom is 0.226 e. The van der Waals surface area contributed by atoms with Crippen LogP contribution in [0.1, 0.15) is 37.9 Å². The first-order chi connectivity index (χ1) is 10.3. The fourth-order valence-corrected chi connectivity index (χ4v) is 3.21. The molecule has 2 aromatic heterocycles. The Kier molecular flexibility index (Phi) is 2.66. The number of nitrogens with zero attached hydrogens (tertiary/aromatic N) is 5. The first-order valence-corrected chi connectivity index (χ1v) is 7.24. The van der Waals surface area contributed by atoms with Crippen LogP contribution < -0.4 is 5.32 Å². The maximum absolute atomic E-state index is 12.5. The van der Waals surface area contributed by atoms with Crippen LogP contribution in [0.5, 0.6) is 0 Å². The second-order valence-electron chi connectivity index (χ2n) is 5.30. The minimum atomic E-state index is -0.228. The Morgan fingerprint density at radius 1 is 1.38 bits per heavy atom. The molecule has 7 nitrogen and oxygen atoms in total. The summed E-state index contributed by atoms with van der Waals surface area (Å²) in [5, 5.41) is 11.9. The molecule has 1 N–H and O–H groups in total. The molecule has 0 unspecified atom stereocenters. The minimum Gasteiger partial charge on any atom is -0.328 e. The van der Waals surface area contributed by atoms with Crippen LogP contribution in [0.15, 0.2) is 29.9 Å². The van der Waals surface area contributed by atoms with Crippen molar-refractivity contribution in [2.24, 2.45) is 0 Å². The molecule has 0 saturated carbocycles. The molecule has 0 amide bonds. The van der Waals surface area contributed by atoms with E-state index in [1.165, 1.54) is 6.33 Å². The number of allylic oxidation sites excluding steroid dienone is 2. The predicted octanol–water partition coefficient (Wildman–Crippen LogP) is 1.52. The molecule has 0 radical (unpaired) electrons. The number of carbonyl (C=O) groups excluding carboxylic acids is 1. The van der Waals surface area contributed by atoms with Gasteiger partial charge in [0, 0.05) is 30.4 Å². The van der Waals surface area contributed by atoms with Gasteiger partial charge in [-0.15, -0.1) is 0 Å². The Morgan fingerprint density at radius 2 is 2.29 bits per heavy atom. The van der Waals surface area contributed by atoms with E-state index in [-0.39, 0.29) is 11.8 Å². The number of ketones is 1. The number of hydrogen-bond donors (Lipinski definition) is 1. The molecule has 1 atom stereocenters. The van der Waals surface area contributed by atoms with Crippen molar-refractivity contribution < 1.29 is 4.79 Å². The summed E-state index contributed by atoms with van der Waals surface area (Å²) in [6.07, 6.45) is 5.65. The Hall–Kier alpha value is -2.44. The predicted molar refractivity (Wildman–Crippen MR) is 75.6 cm³/mol. The van der Waals surface area contributed by atoms with E-state index in [2.05, 4.69) is 20.5 Å². The molecule has 0 aromatic carbocycles. The molecule has 7 heteroatoms. The number of rotatable bonds is 2. The molecule has 3 heterocycles. The summed E-state index contributed by atoms with van der Waals surface area (Å²) in [6.45, 7) is 2.80. The number of carbonyl (C=O) groups is 1. The van der Waals surface area contributed by atoms with Gasteiger partial charge in [-0.25, -0.2) is 4.68 Å². The minimum absolute atomic E-state index is 0.193. The molecule has 108 valence electrons. The van der Waals surface area contributed by atoms with Gasteiger partial charge in [-0.3, -0.25) is 9.48 Å². The van der Waals surface area contributed by atoms with Crippen molar-refractivity contribution in [3.8, 4) is 0 Å². The van der Waals surface area contributed by atoms with Gasteiger partial charge < -0.3 is 5.32 Å². The molecule has 21 heavy (non-hydrogen) atoms. The molecule has 0 fully saturated rings. The first kappa shape index (κ1) is 12.3. The molecule has 1 aliphatic heterocycles. The Bertz CT molecular complexity index is 740. The van der Waals surface area contributed by atoms with Crippen molar-refractivity contribution in [1.29, 1.82) is 0 Å². The van der Waals surface area contributed by atoms with Gasteiger partial charge >= 0.3 is 0 Å². The highest BCUT2D eigenvalue weighted by atomic mass is 16.1. The number of aromatic nitrogens is 5. The van der Waals surface area contributed by atoms with E-state index < -0.39 is 0 Å². The van der Waals surface area contributed by atoms with Crippen LogP contribution in [0.2, 0.25) is 0 Å². The Labute approximate surface area is 121 Å². The summed E-state index contributed by atoms with van der Waals surface area (Å²) >= 11 is 0. The van der Waals surface area contributed by atoms with Crippen molar-refractivity contribution >= 4 is 11.7 Å². The van der Waals surface area contributed by atoms with Gasteiger partial charge in [-0.1, -0.05) is 0 Å². The van der Waals surface area contributed by atoms with E-state index in [1.54, 1.807) is 10.9 Å². The Balaban J connectivity index is 1.93. The number of fused-ring (bicyclic) bond motifs is 1. The third kappa shape index (κ3) is 1.73. The van der Waals surface area contributed by atoms with Crippen LogP contribution in [0.3, 0.4) is 0 Å². The van der Waals surface area contributed by atoms with Crippen molar-refractivity contribution in [3.63, 3.8) is 0 Å². The van der Waals surface area contributed by atoms with E-state index in [4.69, 9.17) is 0 Å². The molecule has 1 aliphatic carbocycles. The van der Waals surface area contributed by atoms with Gasteiger partial charge in [0.15, 0.2) is 5.78 Å². The van der Waals surface area contributed by atoms with Gasteiger partial charge in [0.05, 0.1) is 5.69 Å². The van der Waals surface area contributed by atoms with Gasteiger partial charge in [-0.05, 0) is 25.8 Å². The van der Waals surface area contributed by atoms with E-state index in [9.17, 15) is 4.79 Å². The monoisotopic (exact) mass is 284 g/mol. The zero-order chi connectivity index (χ0) is 14.4. The lowest BCUT2D eigenvalue weighted by molar-refractivity contribution is -0.116. The lowest BCUT2D eigenvalue weighted by Crippen LogP contribution is -2.32. The summed E-state index contributed by atoms with van der Waals surface area (Å²) in [5.41, 5.74) is 2.78. The van der Waals surface area contributed by atoms with Crippen molar-refractivity contribution in [2.45, 2.75) is 38.8 Å². The van der Waals surface area contributed by atoms with Crippen molar-refractivity contribution in [2.75, 3.05) is 5.32 Å². The summed E-state index contributed by atoms with van der Waals surface area (Å²) in [6, 6.07) is 1.73. The molecular formula is C14H16N6O. The highest BCUT2D eigenvalue weighted by Gasteiger charge is 2.37. The number of Topliss-reactive ketones (excluding diaryl/α,β-unsaturated/α-hetero) is 1. The topological polar surface area (TPSA) is 77.6 Å². The lowest BCUT2D eigenvalue weighted by atomic mass is 9.87. The third-order valence-electron chi connectivity index (χ3n) is 4.14. The van der Waals surface area contributed by atoms with E-state index >= 15 is 0 Å². The van der Waals surface area contributed by atoms with Crippen LogP contribution >= 0.6 is 0 Å². The van der Waals surface area contributed by atoms with Crippen LogP contribution in [-0.4, -0.2) is 30.3 Å². The van der Waals surface area contributed by atoms with Crippen LogP contribution in [-0.2, 0) is 11.3 Å². The smallest absolute Gasteiger partial charge is 0.226 e. The van der Waals surface area contributed by atoms with Crippen LogP contribution in [0, 0.1) is 0 Å². The standard InChI is InChI=1S/C14H16N6O/c1-2-19-10(6-7-16-19)13-12-9(4-3-5-11(12)21)18-14-15-8-17-20(13)14/h6-8,13H,2-5H2,1H3,(H,15,17,18)/t13-/m0/s1. The highest BCUT2D eigenvalue weighted by molar-refractivity contribution is 5.99. The zero-order valence-corrected chi connectivity index (χ0v) is 11.8. The summed E-state index contributed by atoms with van der Waals surface area (Å²) in [7, 11) is 0. The fraction of sp³-hybridized carbons (Fsp3) is 0.429. The summed E-state index contributed by atoms with van der Waals surface area (Å²) < 4.78 is 3.69. The zero-order valence-electron chi connectivity index (χ0n) is 11.8. The second-order valence-corrected chi connectivity index (χ2v) is 5.30. The van der Waals surface area contributed by atoms with Crippen molar-refractivity contribution in [1.82, 2.24) is 24.5 Å². The van der Waals surface area contributed by atoms with Gasteiger partial charge in [-0.2, -0.15) is 15.2 Å². The molecule has 0 bridgehead atoms. The Morgan fingerprint density at radius 3 is 3.14 bits per heavy atom. The summed E-state index contributed by atoms with van der Waals surface area (Å²) in [4.78, 5) is 16.7. The molecule has 2 aromatic rings. The van der Waals surface area contributed by atoms with Gasteiger partial charge in [0.25, 0.3) is 0 Å². The largest absolute Gasteiger partial charge is 0.328 e. The molecule has 4 rings (SSSR count). The van der Waals surface area contributed by atoms with Crippen LogP contribution in [0.4, 0.5) is 5.95 Å². The number of anilines is 1. The fourth-order valence-electron chi connectivity index (χ4n) is 3.21. The molecular weight excluding hydrogens is 268 g/mol. The second kappa shape index (κ2) is 4.54. The molecule has 0 saturated heterocycles.